The molecule has 1 N–H and O–H groups in total. The first-order valence-electron chi connectivity index (χ1n) is 9.95. The molecule has 0 atom stereocenters. The van der Waals surface area contributed by atoms with E-state index in [1.54, 1.807) is 41.8 Å². The summed E-state index contributed by atoms with van der Waals surface area (Å²) in [7, 11) is -4.14. The Labute approximate surface area is 193 Å². The number of benzene rings is 2. The lowest BCUT2D eigenvalue weighted by molar-refractivity contribution is 0.0697. The number of hydrogen-bond acceptors (Lipinski definition) is 5. The average molecular weight is 492 g/mol. The van der Waals surface area contributed by atoms with Crippen molar-refractivity contribution in [2.24, 2.45) is 0 Å². The van der Waals surface area contributed by atoms with Gasteiger partial charge in [-0.1, -0.05) is 6.07 Å². The number of nitrogens with one attached hydrogen (secondary N) is 1. The van der Waals surface area contributed by atoms with Crippen molar-refractivity contribution in [2.75, 3.05) is 31.5 Å². The smallest absolute Gasteiger partial charge is 0.265 e. The van der Waals surface area contributed by atoms with Crippen molar-refractivity contribution in [3.8, 4) is 0 Å². The van der Waals surface area contributed by atoms with Crippen LogP contribution < -0.4 is 5.32 Å². The summed E-state index contributed by atoms with van der Waals surface area (Å²) >= 11 is 1.32. The summed E-state index contributed by atoms with van der Waals surface area (Å²) in [5.41, 5.74) is 0.937. The third-order valence-corrected chi connectivity index (χ3v) is 7.97. The first kappa shape index (κ1) is 23.0. The van der Waals surface area contributed by atoms with E-state index in [1.165, 1.54) is 16.2 Å². The van der Waals surface area contributed by atoms with Gasteiger partial charge in [-0.25, -0.2) is 17.2 Å². The monoisotopic (exact) mass is 491 g/mol. The number of carbonyl (C=O) groups is 2. The van der Waals surface area contributed by atoms with E-state index in [9.17, 15) is 26.8 Å². The zero-order valence-electron chi connectivity index (χ0n) is 17.2. The van der Waals surface area contributed by atoms with Crippen LogP contribution in [-0.4, -0.2) is 55.6 Å². The molecule has 0 radical (unpaired) electrons. The Morgan fingerprint density at radius 3 is 2.24 bits per heavy atom. The van der Waals surface area contributed by atoms with Crippen molar-refractivity contribution in [1.29, 1.82) is 0 Å². The van der Waals surface area contributed by atoms with Crippen LogP contribution in [-0.2, 0) is 10.0 Å². The summed E-state index contributed by atoms with van der Waals surface area (Å²) in [6, 6.07) is 12.2. The Balaban J connectivity index is 1.37. The van der Waals surface area contributed by atoms with Crippen LogP contribution in [0, 0.1) is 11.6 Å². The molecule has 0 bridgehead atoms. The van der Waals surface area contributed by atoms with Crippen molar-refractivity contribution >= 4 is 38.9 Å². The van der Waals surface area contributed by atoms with Gasteiger partial charge < -0.3 is 10.2 Å². The van der Waals surface area contributed by atoms with E-state index in [0.717, 1.165) is 16.4 Å². The Morgan fingerprint density at radius 1 is 0.939 bits per heavy atom. The molecular formula is C22H19F2N3O4S2. The van der Waals surface area contributed by atoms with Gasteiger partial charge in [0.25, 0.3) is 11.8 Å². The minimum absolute atomic E-state index is 0.0140. The molecule has 0 spiro atoms. The van der Waals surface area contributed by atoms with Crippen LogP contribution in [0.25, 0.3) is 0 Å². The lowest BCUT2D eigenvalue weighted by Gasteiger charge is -2.34. The topological polar surface area (TPSA) is 86.8 Å². The second-order valence-electron chi connectivity index (χ2n) is 7.28. The van der Waals surface area contributed by atoms with Crippen LogP contribution in [0.2, 0.25) is 0 Å². The number of hydrogen-bond donors (Lipinski definition) is 1. The second-order valence-corrected chi connectivity index (χ2v) is 10.1. The highest BCUT2D eigenvalue weighted by Crippen LogP contribution is 2.22. The SMILES string of the molecule is O=C(Nc1ccc(C(=O)N2CCN(S(=O)(=O)c3ccc(F)cc3F)CC2)cc1)c1cccs1. The number of sulfonamides is 1. The van der Waals surface area contributed by atoms with E-state index in [4.69, 9.17) is 0 Å². The highest BCUT2D eigenvalue weighted by Gasteiger charge is 2.32. The number of piperazine rings is 1. The first-order valence-corrected chi connectivity index (χ1v) is 12.3. The lowest BCUT2D eigenvalue weighted by Crippen LogP contribution is -2.50. The van der Waals surface area contributed by atoms with E-state index in [0.29, 0.717) is 22.2 Å². The van der Waals surface area contributed by atoms with Crippen molar-refractivity contribution in [3.05, 3.63) is 82.1 Å². The molecule has 11 heteroatoms. The molecule has 3 aromatic rings. The molecule has 2 amide bonds. The molecule has 0 unspecified atom stereocenters. The summed E-state index contributed by atoms with van der Waals surface area (Å²) in [5, 5.41) is 4.56. The van der Waals surface area contributed by atoms with Gasteiger partial charge in [0, 0.05) is 43.5 Å². The van der Waals surface area contributed by atoms with E-state index >= 15 is 0 Å². The average Bonchev–Trinajstić information content (AvgIpc) is 3.34. The van der Waals surface area contributed by atoms with Crippen LogP contribution in [0.5, 0.6) is 0 Å². The van der Waals surface area contributed by atoms with Gasteiger partial charge in [0.05, 0.1) is 4.88 Å². The molecule has 33 heavy (non-hydrogen) atoms. The van der Waals surface area contributed by atoms with Crippen LogP contribution in [0.15, 0.2) is 64.9 Å². The predicted molar refractivity (Wildman–Crippen MR) is 120 cm³/mol. The number of rotatable bonds is 5. The fraction of sp³-hybridized carbons (Fsp3) is 0.182. The summed E-state index contributed by atoms with van der Waals surface area (Å²) in [6.45, 7) is 0.217. The van der Waals surface area contributed by atoms with Crippen LogP contribution in [0.1, 0.15) is 20.0 Å². The number of halogens is 2. The van der Waals surface area contributed by atoms with Gasteiger partial charge >= 0.3 is 0 Å². The molecule has 0 saturated carbocycles. The predicted octanol–water partition coefficient (Wildman–Crippen LogP) is 3.43. The molecular weight excluding hydrogens is 472 g/mol. The third kappa shape index (κ3) is 4.95. The fourth-order valence-corrected chi connectivity index (χ4v) is 5.52. The standard InChI is InChI=1S/C22H19F2N3O4S2/c23-16-5-8-20(18(24)14-16)33(30,31)27-11-9-26(10-12-27)22(29)15-3-6-17(7-4-15)25-21(28)19-2-1-13-32-19/h1-8,13-14H,9-12H2,(H,25,28). The first-order chi connectivity index (χ1) is 15.8. The summed E-state index contributed by atoms with van der Waals surface area (Å²) in [4.78, 5) is 26.4. The highest BCUT2D eigenvalue weighted by atomic mass is 32.2. The zero-order chi connectivity index (χ0) is 23.6. The molecule has 1 aliphatic heterocycles. The van der Waals surface area contributed by atoms with Gasteiger partial charge in [-0.3, -0.25) is 9.59 Å². The minimum atomic E-state index is -4.14. The quantitative estimate of drug-likeness (QED) is 0.593. The molecule has 2 aromatic carbocycles. The Hall–Kier alpha value is -3.15. The van der Waals surface area contributed by atoms with Crippen LogP contribution in [0.3, 0.4) is 0 Å². The molecule has 0 aliphatic carbocycles. The van der Waals surface area contributed by atoms with Crippen molar-refractivity contribution < 1.29 is 26.8 Å². The van der Waals surface area contributed by atoms with E-state index in [1.807, 2.05) is 0 Å². The fourth-order valence-electron chi connectivity index (χ4n) is 3.43. The number of amides is 2. The summed E-state index contributed by atoms with van der Waals surface area (Å²) in [6.07, 6.45) is 0. The Morgan fingerprint density at radius 2 is 1.64 bits per heavy atom. The molecule has 172 valence electrons. The van der Waals surface area contributed by atoms with Gasteiger partial charge in [-0.2, -0.15) is 4.31 Å². The number of nitrogens with zero attached hydrogens (tertiary/aromatic N) is 2. The van der Waals surface area contributed by atoms with Gasteiger partial charge in [0.2, 0.25) is 10.0 Å². The van der Waals surface area contributed by atoms with Gasteiger partial charge in [-0.05, 0) is 47.8 Å². The van der Waals surface area contributed by atoms with E-state index in [-0.39, 0.29) is 38.0 Å². The number of thiophene rings is 1. The molecule has 4 rings (SSSR count). The van der Waals surface area contributed by atoms with Crippen molar-refractivity contribution in [1.82, 2.24) is 9.21 Å². The normalized spacial score (nSPS) is 14.8. The van der Waals surface area contributed by atoms with Crippen LogP contribution in [0.4, 0.5) is 14.5 Å². The molecule has 7 nitrogen and oxygen atoms in total. The molecule has 2 heterocycles. The van der Waals surface area contributed by atoms with Crippen molar-refractivity contribution in [3.63, 3.8) is 0 Å². The lowest BCUT2D eigenvalue weighted by atomic mass is 10.1. The Bertz CT molecular complexity index is 1270. The molecule has 1 aromatic heterocycles. The maximum atomic E-state index is 14.0. The second kappa shape index (κ2) is 9.38. The van der Waals surface area contributed by atoms with E-state index < -0.39 is 26.6 Å². The molecule has 1 fully saturated rings. The number of carbonyl (C=O) groups excluding carboxylic acids is 2. The maximum absolute atomic E-state index is 14.0. The maximum Gasteiger partial charge on any atom is 0.265 e. The zero-order valence-corrected chi connectivity index (χ0v) is 18.8. The largest absolute Gasteiger partial charge is 0.336 e. The Kier molecular flexibility index (Phi) is 6.54. The third-order valence-electron chi connectivity index (χ3n) is 5.17. The van der Waals surface area contributed by atoms with Crippen LogP contribution >= 0.6 is 11.3 Å². The van der Waals surface area contributed by atoms with Gasteiger partial charge in [0.15, 0.2) is 0 Å². The highest BCUT2D eigenvalue weighted by molar-refractivity contribution is 7.89. The summed E-state index contributed by atoms with van der Waals surface area (Å²) in [5.74, 6) is -2.53. The summed E-state index contributed by atoms with van der Waals surface area (Å²) < 4.78 is 53.6. The van der Waals surface area contributed by atoms with Gasteiger partial charge in [0.1, 0.15) is 16.5 Å². The van der Waals surface area contributed by atoms with Crippen molar-refractivity contribution in [2.45, 2.75) is 4.90 Å². The molecule has 1 saturated heterocycles. The number of anilines is 1. The van der Waals surface area contributed by atoms with E-state index in [2.05, 4.69) is 5.32 Å². The molecule has 1 aliphatic rings. The minimum Gasteiger partial charge on any atom is -0.336 e. The van der Waals surface area contributed by atoms with Gasteiger partial charge in [-0.15, -0.1) is 11.3 Å².